The van der Waals surface area contributed by atoms with E-state index in [0.29, 0.717) is 16.7 Å². The number of hydrogen-bond acceptors (Lipinski definition) is 4. The highest BCUT2D eigenvalue weighted by atomic mass is 32.1. The van der Waals surface area contributed by atoms with Crippen molar-refractivity contribution in [3.63, 3.8) is 0 Å². The normalized spacial score (nSPS) is 10.5. The van der Waals surface area contributed by atoms with Gasteiger partial charge in [0.05, 0.1) is 0 Å². The summed E-state index contributed by atoms with van der Waals surface area (Å²) in [6.45, 7) is 4.31. The van der Waals surface area contributed by atoms with Gasteiger partial charge in [0.2, 0.25) is 0 Å². The van der Waals surface area contributed by atoms with E-state index in [9.17, 15) is 0 Å². The molecule has 88 valence electrons. The molecular formula is C11H18N4S. The average Bonchev–Trinajstić information content (AvgIpc) is 2.30. The minimum atomic E-state index is 0.293. The van der Waals surface area contributed by atoms with Gasteiger partial charge in [-0.25, -0.2) is 9.97 Å². The molecular weight excluding hydrogens is 220 g/mol. The molecule has 0 aliphatic rings. The third-order valence-corrected chi connectivity index (χ3v) is 2.93. The van der Waals surface area contributed by atoms with Crippen LogP contribution in [0.5, 0.6) is 0 Å². The molecule has 1 heterocycles. The average molecular weight is 238 g/mol. The number of nitrogens with two attached hydrogens (primary N) is 1. The van der Waals surface area contributed by atoms with Gasteiger partial charge in [0.1, 0.15) is 10.7 Å². The quantitative estimate of drug-likeness (QED) is 0.792. The minimum absolute atomic E-state index is 0.293. The lowest BCUT2D eigenvalue weighted by Crippen LogP contribution is -2.33. The van der Waals surface area contributed by atoms with E-state index in [1.165, 1.54) is 0 Å². The van der Waals surface area contributed by atoms with Crippen LogP contribution in [-0.2, 0) is 0 Å². The summed E-state index contributed by atoms with van der Waals surface area (Å²) < 4.78 is 0. The highest BCUT2D eigenvalue weighted by molar-refractivity contribution is 7.80. The maximum absolute atomic E-state index is 5.64. The summed E-state index contributed by atoms with van der Waals surface area (Å²) in [5.74, 6) is 0.767. The van der Waals surface area contributed by atoms with Crippen molar-refractivity contribution in [2.24, 2.45) is 5.73 Å². The molecule has 4 nitrogen and oxygen atoms in total. The second-order valence-corrected chi connectivity index (χ2v) is 4.11. The minimum Gasteiger partial charge on any atom is -0.388 e. The molecule has 1 rings (SSSR count). The highest BCUT2D eigenvalue weighted by Crippen LogP contribution is 2.18. The molecule has 0 aliphatic carbocycles. The first kappa shape index (κ1) is 12.8. The molecule has 0 aromatic carbocycles. The first-order chi connectivity index (χ1) is 7.61. The van der Waals surface area contributed by atoms with E-state index >= 15 is 0 Å². The van der Waals surface area contributed by atoms with Gasteiger partial charge in [-0.3, -0.25) is 0 Å². The number of thiocarbonyl (C=S) groups is 1. The van der Waals surface area contributed by atoms with E-state index < -0.39 is 0 Å². The molecule has 0 bridgehead atoms. The third-order valence-electron chi connectivity index (χ3n) is 2.74. The monoisotopic (exact) mass is 238 g/mol. The molecule has 16 heavy (non-hydrogen) atoms. The predicted octanol–water partition coefficient (Wildman–Crippen LogP) is 1.74. The Hall–Kier alpha value is -1.23. The molecule has 2 N–H and O–H groups in total. The molecule has 0 fully saturated rings. The van der Waals surface area contributed by atoms with Crippen LogP contribution in [0.2, 0.25) is 0 Å². The summed E-state index contributed by atoms with van der Waals surface area (Å²) in [6, 6.07) is 0.435. The van der Waals surface area contributed by atoms with Crippen molar-refractivity contribution >= 4 is 23.0 Å². The summed E-state index contributed by atoms with van der Waals surface area (Å²) in [7, 11) is 2.00. The molecule has 1 aromatic rings. The molecule has 0 saturated carbocycles. The largest absolute Gasteiger partial charge is 0.388 e. The fraction of sp³-hybridized carbons (Fsp3) is 0.545. The van der Waals surface area contributed by atoms with E-state index in [1.54, 1.807) is 12.4 Å². The molecule has 5 heteroatoms. The fourth-order valence-electron chi connectivity index (χ4n) is 1.77. The van der Waals surface area contributed by atoms with Gasteiger partial charge in [-0.2, -0.15) is 0 Å². The molecule has 0 unspecified atom stereocenters. The first-order valence-corrected chi connectivity index (χ1v) is 5.86. The second-order valence-electron chi connectivity index (χ2n) is 3.67. The van der Waals surface area contributed by atoms with E-state index in [-0.39, 0.29) is 0 Å². The van der Waals surface area contributed by atoms with Crippen LogP contribution >= 0.6 is 12.2 Å². The van der Waals surface area contributed by atoms with Gasteiger partial charge < -0.3 is 10.6 Å². The van der Waals surface area contributed by atoms with Gasteiger partial charge in [0.25, 0.3) is 0 Å². The molecule has 0 aliphatic heterocycles. The smallest absolute Gasteiger partial charge is 0.157 e. The summed E-state index contributed by atoms with van der Waals surface area (Å²) in [5.41, 5.74) is 6.24. The van der Waals surface area contributed by atoms with Crippen LogP contribution in [0.1, 0.15) is 32.4 Å². The van der Waals surface area contributed by atoms with E-state index in [2.05, 4.69) is 28.7 Å². The Bertz CT molecular complexity index is 363. The number of nitrogens with zero attached hydrogens (tertiary/aromatic N) is 3. The Morgan fingerprint density at radius 1 is 1.38 bits per heavy atom. The fourth-order valence-corrected chi connectivity index (χ4v) is 1.92. The zero-order valence-electron chi connectivity index (χ0n) is 9.97. The predicted molar refractivity (Wildman–Crippen MR) is 70.7 cm³/mol. The maximum atomic E-state index is 5.64. The van der Waals surface area contributed by atoms with Crippen molar-refractivity contribution in [3.8, 4) is 0 Å². The van der Waals surface area contributed by atoms with Crippen LogP contribution in [0.4, 0.5) is 5.82 Å². The standard InChI is InChI=1S/C11H18N4S/c1-4-8(5-2)15(3)11-9(10(12)16)13-6-7-14-11/h6-8H,4-5H2,1-3H3,(H2,12,16). The van der Waals surface area contributed by atoms with Crippen molar-refractivity contribution in [2.75, 3.05) is 11.9 Å². The lowest BCUT2D eigenvalue weighted by Gasteiger charge is -2.28. The van der Waals surface area contributed by atoms with Gasteiger partial charge in [-0.05, 0) is 12.8 Å². The lowest BCUT2D eigenvalue weighted by molar-refractivity contribution is 0.585. The zero-order valence-corrected chi connectivity index (χ0v) is 10.8. The van der Waals surface area contributed by atoms with Crippen LogP contribution in [0, 0.1) is 0 Å². The van der Waals surface area contributed by atoms with Gasteiger partial charge >= 0.3 is 0 Å². The van der Waals surface area contributed by atoms with Gasteiger partial charge in [-0.15, -0.1) is 0 Å². The topological polar surface area (TPSA) is 55.0 Å². The number of rotatable bonds is 5. The Morgan fingerprint density at radius 3 is 2.44 bits per heavy atom. The van der Waals surface area contributed by atoms with Crippen LogP contribution in [0.3, 0.4) is 0 Å². The molecule has 0 saturated heterocycles. The Labute approximate surface area is 102 Å². The summed E-state index contributed by atoms with van der Waals surface area (Å²) in [6.07, 6.45) is 5.38. The Kier molecular flexibility index (Phi) is 4.61. The van der Waals surface area contributed by atoms with E-state index in [4.69, 9.17) is 18.0 Å². The molecule has 0 amide bonds. The molecule has 0 atom stereocenters. The van der Waals surface area contributed by atoms with Crippen molar-refractivity contribution in [3.05, 3.63) is 18.1 Å². The van der Waals surface area contributed by atoms with Crippen LogP contribution in [0.25, 0.3) is 0 Å². The number of aromatic nitrogens is 2. The van der Waals surface area contributed by atoms with Crippen molar-refractivity contribution in [1.82, 2.24) is 9.97 Å². The van der Waals surface area contributed by atoms with E-state index in [0.717, 1.165) is 18.7 Å². The van der Waals surface area contributed by atoms with Crippen molar-refractivity contribution < 1.29 is 0 Å². The summed E-state index contributed by atoms with van der Waals surface area (Å²) >= 11 is 4.98. The molecule has 0 radical (unpaired) electrons. The van der Waals surface area contributed by atoms with Crippen molar-refractivity contribution in [1.29, 1.82) is 0 Å². The SMILES string of the molecule is CCC(CC)N(C)c1nccnc1C(N)=S. The molecule has 0 spiro atoms. The number of anilines is 1. The van der Waals surface area contributed by atoms with E-state index in [1.807, 2.05) is 7.05 Å². The zero-order chi connectivity index (χ0) is 12.1. The summed E-state index contributed by atoms with van der Waals surface area (Å²) in [4.78, 5) is 10.9. The second kappa shape index (κ2) is 5.75. The van der Waals surface area contributed by atoms with Crippen LogP contribution < -0.4 is 10.6 Å². The molecule has 1 aromatic heterocycles. The number of hydrogen-bond donors (Lipinski definition) is 1. The Morgan fingerprint density at radius 2 is 1.94 bits per heavy atom. The van der Waals surface area contributed by atoms with Gasteiger partial charge in [0.15, 0.2) is 5.82 Å². The van der Waals surface area contributed by atoms with Gasteiger partial charge in [0, 0.05) is 25.5 Å². The first-order valence-electron chi connectivity index (χ1n) is 5.45. The van der Waals surface area contributed by atoms with Crippen molar-refractivity contribution in [2.45, 2.75) is 32.7 Å². The maximum Gasteiger partial charge on any atom is 0.157 e. The van der Waals surface area contributed by atoms with Crippen LogP contribution in [-0.4, -0.2) is 28.0 Å². The third kappa shape index (κ3) is 2.66. The Balaban J connectivity index is 3.07. The summed E-state index contributed by atoms with van der Waals surface area (Å²) in [5, 5.41) is 0. The van der Waals surface area contributed by atoms with Crippen LogP contribution in [0.15, 0.2) is 12.4 Å². The lowest BCUT2D eigenvalue weighted by atomic mass is 10.1. The highest BCUT2D eigenvalue weighted by Gasteiger charge is 2.17. The van der Waals surface area contributed by atoms with Gasteiger partial charge in [-0.1, -0.05) is 26.1 Å².